The molecule has 3 aliphatic rings. The second-order valence-electron chi connectivity index (χ2n) is 7.29. The molecule has 0 aromatic heterocycles. The zero-order chi connectivity index (χ0) is 17.4. The Kier molecular flexibility index (Phi) is 4.32. The lowest BCUT2D eigenvalue weighted by Gasteiger charge is -2.19. The van der Waals surface area contributed by atoms with Crippen LogP contribution in [0.15, 0.2) is 24.3 Å². The highest BCUT2D eigenvalue weighted by molar-refractivity contribution is 6.05. The van der Waals surface area contributed by atoms with Crippen molar-refractivity contribution in [2.24, 2.45) is 11.8 Å². The van der Waals surface area contributed by atoms with Crippen molar-refractivity contribution in [2.75, 3.05) is 6.54 Å². The molecule has 0 N–H and O–H groups in total. The van der Waals surface area contributed by atoms with E-state index >= 15 is 0 Å². The van der Waals surface area contributed by atoms with Gasteiger partial charge in [0.05, 0.1) is 18.3 Å². The second kappa shape index (κ2) is 6.62. The molecule has 3 atom stereocenters. The first-order valence-electron chi connectivity index (χ1n) is 9.27. The first-order chi connectivity index (χ1) is 12.1. The van der Waals surface area contributed by atoms with Crippen LogP contribution in [-0.2, 0) is 25.5 Å². The molecule has 5 nitrogen and oxygen atoms in total. The van der Waals surface area contributed by atoms with Crippen LogP contribution in [0.4, 0.5) is 0 Å². The van der Waals surface area contributed by atoms with Crippen molar-refractivity contribution < 1.29 is 19.1 Å². The minimum absolute atomic E-state index is 0.0790. The van der Waals surface area contributed by atoms with E-state index in [0.29, 0.717) is 0 Å². The highest BCUT2D eigenvalue weighted by Gasteiger charge is 2.47. The van der Waals surface area contributed by atoms with Crippen molar-refractivity contribution in [1.82, 2.24) is 4.90 Å². The summed E-state index contributed by atoms with van der Waals surface area (Å²) in [4.78, 5) is 38.4. The number of esters is 1. The summed E-state index contributed by atoms with van der Waals surface area (Å²) in [5, 5.41) is 0. The Morgan fingerprint density at radius 2 is 1.72 bits per heavy atom. The van der Waals surface area contributed by atoms with E-state index in [1.807, 2.05) is 18.2 Å². The summed E-state index contributed by atoms with van der Waals surface area (Å²) in [6.07, 6.45) is 5.22. The molecule has 0 radical (unpaired) electrons. The third kappa shape index (κ3) is 2.96. The van der Waals surface area contributed by atoms with E-state index in [-0.39, 0.29) is 48.7 Å². The van der Waals surface area contributed by atoms with Gasteiger partial charge in [0.25, 0.3) is 0 Å². The van der Waals surface area contributed by atoms with Crippen LogP contribution in [0.2, 0.25) is 0 Å². The summed E-state index contributed by atoms with van der Waals surface area (Å²) in [5.74, 6) is -0.822. The molecule has 0 bridgehead atoms. The van der Waals surface area contributed by atoms with Gasteiger partial charge in [-0.2, -0.15) is 0 Å². The molecule has 1 saturated carbocycles. The fourth-order valence-corrected chi connectivity index (χ4v) is 4.51. The maximum Gasteiger partial charge on any atom is 0.308 e. The van der Waals surface area contributed by atoms with E-state index in [1.165, 1.54) is 10.5 Å². The third-order valence-electron chi connectivity index (χ3n) is 5.82. The van der Waals surface area contributed by atoms with Gasteiger partial charge in [0.2, 0.25) is 11.8 Å². The normalized spacial score (nSPS) is 28.0. The van der Waals surface area contributed by atoms with Gasteiger partial charge in [-0.25, -0.2) is 0 Å². The molecule has 25 heavy (non-hydrogen) atoms. The lowest BCUT2D eigenvalue weighted by Crippen LogP contribution is -2.33. The van der Waals surface area contributed by atoms with Crippen molar-refractivity contribution in [3.63, 3.8) is 0 Å². The molecule has 5 heteroatoms. The highest BCUT2D eigenvalue weighted by Crippen LogP contribution is 2.38. The van der Waals surface area contributed by atoms with Crippen LogP contribution < -0.4 is 0 Å². The Morgan fingerprint density at radius 1 is 1.04 bits per heavy atom. The van der Waals surface area contributed by atoms with Crippen LogP contribution >= 0.6 is 0 Å². The quantitative estimate of drug-likeness (QED) is 0.624. The van der Waals surface area contributed by atoms with E-state index in [2.05, 4.69) is 6.07 Å². The number of hydrogen-bond donors (Lipinski definition) is 0. The van der Waals surface area contributed by atoms with Crippen molar-refractivity contribution in [2.45, 2.75) is 51.0 Å². The molecule has 4 rings (SSSR count). The predicted molar refractivity (Wildman–Crippen MR) is 90.4 cm³/mol. The van der Waals surface area contributed by atoms with E-state index in [9.17, 15) is 14.4 Å². The standard InChI is InChI=1S/C20H23NO4/c22-18(25-17-10-9-13-5-1-2-6-14(13)17)11-12-21-19(23)15-7-3-4-8-16(15)20(21)24/h1-2,5-6,15-17H,3-4,7-12H2/t15-,16-,17+/m0/s1. The zero-order valence-corrected chi connectivity index (χ0v) is 14.3. The third-order valence-corrected chi connectivity index (χ3v) is 5.82. The van der Waals surface area contributed by atoms with Gasteiger partial charge in [-0.1, -0.05) is 37.1 Å². The van der Waals surface area contributed by atoms with E-state index in [4.69, 9.17) is 4.74 Å². The summed E-state index contributed by atoms with van der Waals surface area (Å²) in [6.45, 7) is 0.151. The topological polar surface area (TPSA) is 63.7 Å². The van der Waals surface area contributed by atoms with Gasteiger partial charge in [0.15, 0.2) is 0 Å². The van der Waals surface area contributed by atoms with Gasteiger partial charge >= 0.3 is 5.97 Å². The smallest absolute Gasteiger partial charge is 0.308 e. The van der Waals surface area contributed by atoms with Crippen LogP contribution in [0.1, 0.15) is 55.8 Å². The summed E-state index contributed by atoms with van der Waals surface area (Å²) in [7, 11) is 0. The van der Waals surface area contributed by atoms with E-state index in [0.717, 1.165) is 44.1 Å². The largest absolute Gasteiger partial charge is 0.457 e. The zero-order valence-electron chi connectivity index (χ0n) is 14.3. The monoisotopic (exact) mass is 341 g/mol. The number of ether oxygens (including phenoxy) is 1. The molecule has 1 heterocycles. The summed E-state index contributed by atoms with van der Waals surface area (Å²) in [6, 6.07) is 8.01. The molecule has 2 amide bonds. The van der Waals surface area contributed by atoms with Crippen molar-refractivity contribution in [3.05, 3.63) is 35.4 Å². The molecular formula is C20H23NO4. The Morgan fingerprint density at radius 3 is 2.44 bits per heavy atom. The van der Waals surface area contributed by atoms with E-state index < -0.39 is 0 Å². The highest BCUT2D eigenvalue weighted by atomic mass is 16.5. The number of imide groups is 1. The number of fused-ring (bicyclic) bond motifs is 2. The number of amides is 2. The molecule has 1 aromatic carbocycles. The number of likely N-dealkylation sites (tertiary alicyclic amines) is 1. The van der Waals surface area contributed by atoms with Crippen molar-refractivity contribution >= 4 is 17.8 Å². The van der Waals surface area contributed by atoms with Gasteiger partial charge in [0, 0.05) is 6.54 Å². The van der Waals surface area contributed by atoms with Gasteiger partial charge in [-0.15, -0.1) is 0 Å². The summed E-state index contributed by atoms with van der Waals surface area (Å²) < 4.78 is 5.60. The minimum atomic E-state index is -0.336. The van der Waals surface area contributed by atoms with Gasteiger partial charge in [-0.05, 0) is 36.8 Å². The van der Waals surface area contributed by atoms with Crippen LogP contribution in [0.25, 0.3) is 0 Å². The van der Waals surface area contributed by atoms with Crippen LogP contribution in [-0.4, -0.2) is 29.2 Å². The summed E-state index contributed by atoms with van der Waals surface area (Å²) in [5.41, 5.74) is 2.31. The molecule has 0 unspecified atom stereocenters. The van der Waals surface area contributed by atoms with Crippen LogP contribution in [0, 0.1) is 11.8 Å². The van der Waals surface area contributed by atoms with Gasteiger partial charge in [-0.3, -0.25) is 19.3 Å². The Hall–Kier alpha value is -2.17. The van der Waals surface area contributed by atoms with Gasteiger partial charge in [0.1, 0.15) is 6.10 Å². The van der Waals surface area contributed by atoms with Crippen LogP contribution in [0.5, 0.6) is 0 Å². The lowest BCUT2D eigenvalue weighted by atomic mass is 9.81. The maximum atomic E-state index is 12.4. The molecular weight excluding hydrogens is 318 g/mol. The Bertz CT molecular complexity index is 689. The number of hydrogen-bond acceptors (Lipinski definition) is 4. The maximum absolute atomic E-state index is 12.4. The first-order valence-corrected chi connectivity index (χ1v) is 9.27. The number of nitrogens with zero attached hydrogens (tertiary/aromatic N) is 1. The second-order valence-corrected chi connectivity index (χ2v) is 7.29. The first kappa shape index (κ1) is 16.3. The Labute approximate surface area is 147 Å². The molecule has 132 valence electrons. The molecule has 0 spiro atoms. The molecule has 1 aromatic rings. The molecule has 1 aliphatic heterocycles. The fourth-order valence-electron chi connectivity index (χ4n) is 4.51. The Balaban J connectivity index is 1.33. The fraction of sp³-hybridized carbons (Fsp3) is 0.550. The number of benzene rings is 1. The average molecular weight is 341 g/mol. The SMILES string of the molecule is O=C(CCN1C(=O)[C@H]2CCCC[C@@H]2C1=O)O[C@@H]1CCc2ccccc21. The number of carbonyl (C=O) groups excluding carboxylic acids is 3. The number of rotatable bonds is 4. The summed E-state index contributed by atoms with van der Waals surface area (Å²) >= 11 is 0. The number of carbonyl (C=O) groups is 3. The van der Waals surface area contributed by atoms with Crippen molar-refractivity contribution in [1.29, 1.82) is 0 Å². The van der Waals surface area contributed by atoms with Gasteiger partial charge < -0.3 is 4.74 Å². The van der Waals surface area contributed by atoms with Crippen LogP contribution in [0.3, 0.4) is 0 Å². The molecule has 1 saturated heterocycles. The molecule has 2 aliphatic carbocycles. The van der Waals surface area contributed by atoms with E-state index in [1.54, 1.807) is 0 Å². The molecule has 2 fully saturated rings. The number of aryl methyl sites for hydroxylation is 1. The average Bonchev–Trinajstić information content (AvgIpc) is 3.14. The lowest BCUT2D eigenvalue weighted by molar-refractivity contribution is -0.150. The minimum Gasteiger partial charge on any atom is -0.457 e. The predicted octanol–water partition coefficient (Wildman–Crippen LogP) is 2.78. The van der Waals surface area contributed by atoms with Crippen molar-refractivity contribution in [3.8, 4) is 0 Å².